The van der Waals surface area contributed by atoms with E-state index in [9.17, 15) is 23.2 Å². The third-order valence-corrected chi connectivity index (χ3v) is 5.46. The van der Waals surface area contributed by atoms with Gasteiger partial charge in [-0.15, -0.1) is 0 Å². The summed E-state index contributed by atoms with van der Waals surface area (Å²) in [5.41, 5.74) is 1.23. The van der Waals surface area contributed by atoms with Crippen molar-refractivity contribution in [1.82, 2.24) is 4.90 Å². The van der Waals surface area contributed by atoms with Crippen LogP contribution in [0.25, 0.3) is 0 Å². The van der Waals surface area contributed by atoms with Gasteiger partial charge in [-0.1, -0.05) is 23.7 Å². The van der Waals surface area contributed by atoms with E-state index in [1.807, 2.05) is 0 Å². The minimum absolute atomic E-state index is 0.0501. The number of hydrogen-bond donors (Lipinski definition) is 1. The highest BCUT2D eigenvalue weighted by atomic mass is 35.5. The van der Waals surface area contributed by atoms with E-state index in [-0.39, 0.29) is 13.0 Å². The van der Waals surface area contributed by atoms with Crippen LogP contribution < -0.4 is 10.2 Å². The van der Waals surface area contributed by atoms with Crippen molar-refractivity contribution >= 4 is 40.8 Å². The van der Waals surface area contributed by atoms with Gasteiger partial charge in [-0.25, -0.2) is 18.5 Å². The summed E-state index contributed by atoms with van der Waals surface area (Å²) >= 11 is 5.90. The molecule has 1 saturated heterocycles. The summed E-state index contributed by atoms with van der Waals surface area (Å²) in [4.78, 5) is 41.3. The van der Waals surface area contributed by atoms with Gasteiger partial charge in [0.25, 0.3) is 5.91 Å². The van der Waals surface area contributed by atoms with E-state index in [0.717, 1.165) is 4.90 Å². The molecule has 4 amide bonds. The van der Waals surface area contributed by atoms with Crippen LogP contribution in [0, 0.1) is 11.6 Å². The molecule has 33 heavy (non-hydrogen) atoms. The molecular weight excluding hydrogens is 452 g/mol. The molecule has 168 valence electrons. The number of benzene rings is 3. The first-order chi connectivity index (χ1) is 15.8. The number of rotatable bonds is 5. The first-order valence-corrected chi connectivity index (χ1v) is 10.4. The molecule has 9 heteroatoms. The fourth-order valence-electron chi connectivity index (χ4n) is 3.56. The van der Waals surface area contributed by atoms with E-state index < -0.39 is 35.5 Å². The van der Waals surface area contributed by atoms with Gasteiger partial charge < -0.3 is 10.2 Å². The van der Waals surface area contributed by atoms with E-state index in [2.05, 4.69) is 5.32 Å². The normalized spacial score (nSPS) is 15.6. The van der Waals surface area contributed by atoms with Gasteiger partial charge >= 0.3 is 6.03 Å². The first-order valence-electron chi connectivity index (χ1n) is 10.0. The van der Waals surface area contributed by atoms with Gasteiger partial charge in [0, 0.05) is 17.3 Å². The lowest BCUT2D eigenvalue weighted by molar-refractivity contribution is -0.122. The van der Waals surface area contributed by atoms with Crippen LogP contribution in [0.4, 0.5) is 25.0 Å². The van der Waals surface area contributed by atoms with Gasteiger partial charge in [-0.3, -0.25) is 9.59 Å². The van der Waals surface area contributed by atoms with Gasteiger partial charge in [0.1, 0.15) is 17.7 Å². The molecule has 0 bridgehead atoms. The molecule has 3 aromatic rings. The van der Waals surface area contributed by atoms with Crippen molar-refractivity contribution in [3.8, 4) is 0 Å². The van der Waals surface area contributed by atoms with Crippen molar-refractivity contribution in [3.05, 3.63) is 95.0 Å². The van der Waals surface area contributed by atoms with Crippen LogP contribution in [0.3, 0.4) is 0 Å². The van der Waals surface area contributed by atoms with Crippen molar-refractivity contribution in [1.29, 1.82) is 0 Å². The van der Waals surface area contributed by atoms with Crippen molar-refractivity contribution in [3.63, 3.8) is 0 Å². The molecule has 4 rings (SSSR count). The second kappa shape index (κ2) is 9.38. The summed E-state index contributed by atoms with van der Waals surface area (Å²) in [5.74, 6) is -1.95. The Balaban J connectivity index is 1.62. The van der Waals surface area contributed by atoms with Crippen LogP contribution in [0.1, 0.15) is 12.0 Å². The molecule has 6 nitrogen and oxygen atoms in total. The molecule has 0 saturated carbocycles. The Hall–Kier alpha value is -3.78. The predicted molar refractivity (Wildman–Crippen MR) is 120 cm³/mol. The molecule has 0 radical (unpaired) electrons. The molecule has 0 aromatic heterocycles. The molecule has 1 fully saturated rings. The molecular formula is C24H18ClF2N3O3. The number of carbonyl (C=O) groups excluding carboxylic acids is 3. The van der Waals surface area contributed by atoms with Gasteiger partial charge in [-0.05, 0) is 66.2 Å². The third-order valence-electron chi connectivity index (χ3n) is 5.21. The Bertz CT molecular complexity index is 1190. The molecule has 3 aromatic carbocycles. The minimum atomic E-state index is -1.08. The molecule has 1 N–H and O–H groups in total. The van der Waals surface area contributed by atoms with E-state index in [1.165, 1.54) is 53.4 Å². The zero-order valence-corrected chi connectivity index (χ0v) is 17.9. The number of halogens is 3. The van der Waals surface area contributed by atoms with Crippen molar-refractivity contribution in [2.45, 2.75) is 19.0 Å². The Kier molecular flexibility index (Phi) is 6.37. The average Bonchev–Trinajstić information content (AvgIpc) is 3.09. The monoisotopic (exact) mass is 469 g/mol. The smallest absolute Gasteiger partial charge is 0.308 e. The molecule has 0 spiro atoms. The number of carbonyl (C=O) groups is 3. The van der Waals surface area contributed by atoms with Crippen LogP contribution in [0.15, 0.2) is 72.8 Å². The summed E-state index contributed by atoms with van der Waals surface area (Å²) < 4.78 is 26.6. The fraction of sp³-hybridized carbons (Fsp3) is 0.125. The number of hydrogen-bond acceptors (Lipinski definition) is 3. The van der Waals surface area contributed by atoms with Gasteiger partial charge in [0.05, 0.1) is 12.1 Å². The Morgan fingerprint density at radius 3 is 2.12 bits per heavy atom. The van der Waals surface area contributed by atoms with Crippen molar-refractivity contribution in [2.24, 2.45) is 0 Å². The first kappa shape index (κ1) is 22.4. The highest BCUT2D eigenvalue weighted by Gasteiger charge is 2.44. The van der Waals surface area contributed by atoms with E-state index in [0.29, 0.717) is 22.0 Å². The van der Waals surface area contributed by atoms with E-state index >= 15 is 0 Å². The van der Waals surface area contributed by atoms with Gasteiger partial charge in [0.2, 0.25) is 5.91 Å². The van der Waals surface area contributed by atoms with Crippen LogP contribution in [-0.4, -0.2) is 28.8 Å². The lowest BCUT2D eigenvalue weighted by atomic mass is 10.1. The molecule has 1 unspecified atom stereocenters. The number of amides is 4. The topological polar surface area (TPSA) is 69.7 Å². The Morgan fingerprint density at radius 2 is 1.52 bits per heavy atom. The van der Waals surface area contributed by atoms with Gasteiger partial charge in [-0.2, -0.15) is 0 Å². The molecule has 1 heterocycles. The lowest BCUT2D eigenvalue weighted by Crippen LogP contribution is -2.46. The van der Waals surface area contributed by atoms with Crippen LogP contribution >= 0.6 is 11.6 Å². The summed E-state index contributed by atoms with van der Waals surface area (Å²) in [7, 11) is 0. The summed E-state index contributed by atoms with van der Waals surface area (Å²) in [6.07, 6.45) is -0.223. The second-order valence-electron chi connectivity index (χ2n) is 7.46. The third kappa shape index (κ3) is 5.01. The van der Waals surface area contributed by atoms with E-state index in [1.54, 1.807) is 24.3 Å². The standard InChI is InChI=1S/C24H18ClF2N3O3/c25-16-3-11-20(12-4-16)30-22(31)13-21(23(30)32)29(14-15-1-5-17(26)6-2-15)24(33)28-19-9-7-18(27)8-10-19/h1-12,21H,13-14H2,(H,28,33). The summed E-state index contributed by atoms with van der Waals surface area (Å²) in [6, 6.07) is 15.1. The van der Waals surface area contributed by atoms with E-state index in [4.69, 9.17) is 11.6 Å². The zero-order valence-electron chi connectivity index (χ0n) is 17.2. The summed E-state index contributed by atoms with van der Waals surface area (Å²) in [5, 5.41) is 3.07. The minimum Gasteiger partial charge on any atom is -0.308 e. The zero-order chi connectivity index (χ0) is 23.5. The highest BCUT2D eigenvalue weighted by Crippen LogP contribution is 2.28. The fourth-order valence-corrected chi connectivity index (χ4v) is 3.69. The number of nitrogens with one attached hydrogen (secondary N) is 1. The quantitative estimate of drug-likeness (QED) is 0.535. The van der Waals surface area contributed by atoms with Crippen molar-refractivity contribution < 1.29 is 23.2 Å². The molecule has 1 aliphatic heterocycles. The maximum Gasteiger partial charge on any atom is 0.322 e. The molecule has 1 atom stereocenters. The Morgan fingerprint density at radius 1 is 0.939 bits per heavy atom. The second-order valence-corrected chi connectivity index (χ2v) is 7.89. The number of urea groups is 1. The maximum atomic E-state index is 13.3. The SMILES string of the molecule is O=C1CC(N(Cc2ccc(F)cc2)C(=O)Nc2ccc(F)cc2)C(=O)N1c1ccc(Cl)cc1. The number of anilines is 2. The van der Waals surface area contributed by atoms with Crippen LogP contribution in [0.2, 0.25) is 5.02 Å². The largest absolute Gasteiger partial charge is 0.322 e. The molecule has 1 aliphatic rings. The predicted octanol–water partition coefficient (Wildman–Crippen LogP) is 4.98. The molecule has 0 aliphatic carbocycles. The van der Waals surface area contributed by atoms with Crippen LogP contribution in [-0.2, 0) is 16.1 Å². The number of imide groups is 1. The summed E-state index contributed by atoms with van der Waals surface area (Å²) in [6.45, 7) is -0.0501. The van der Waals surface area contributed by atoms with Crippen molar-refractivity contribution in [2.75, 3.05) is 10.2 Å². The highest BCUT2D eigenvalue weighted by molar-refractivity contribution is 6.31. The number of nitrogens with zero attached hydrogens (tertiary/aromatic N) is 2. The van der Waals surface area contributed by atoms with Gasteiger partial charge in [0.15, 0.2) is 0 Å². The maximum absolute atomic E-state index is 13.3. The lowest BCUT2D eigenvalue weighted by Gasteiger charge is -2.28. The van der Waals surface area contributed by atoms with Crippen LogP contribution in [0.5, 0.6) is 0 Å². The Labute approximate surface area is 193 Å². The average molecular weight is 470 g/mol.